The molecule has 1 N–H and O–H groups in total. The third-order valence-corrected chi connectivity index (χ3v) is 5.15. The first kappa shape index (κ1) is 14.2. The molecule has 1 aliphatic heterocycles. The van der Waals surface area contributed by atoms with Crippen molar-refractivity contribution in [2.45, 2.75) is 52.1 Å². The average Bonchev–Trinajstić information content (AvgIpc) is 2.92. The summed E-state index contributed by atoms with van der Waals surface area (Å²) in [6.45, 7) is 7.62. The summed E-state index contributed by atoms with van der Waals surface area (Å²) in [5.74, 6) is 3.13. The van der Waals surface area contributed by atoms with Crippen molar-refractivity contribution in [1.29, 1.82) is 0 Å². The Kier molecular flexibility index (Phi) is 4.79. The van der Waals surface area contributed by atoms with E-state index in [1.54, 1.807) is 0 Å². The molecule has 3 nitrogen and oxygen atoms in total. The van der Waals surface area contributed by atoms with Gasteiger partial charge < -0.3 is 9.73 Å². The van der Waals surface area contributed by atoms with Gasteiger partial charge >= 0.3 is 0 Å². The van der Waals surface area contributed by atoms with E-state index >= 15 is 0 Å². The lowest BCUT2D eigenvalue weighted by Crippen LogP contribution is -2.41. The Bertz CT molecular complexity index is 415. The summed E-state index contributed by atoms with van der Waals surface area (Å²) >= 11 is 0. The molecule has 0 radical (unpaired) electrons. The number of nitrogens with zero attached hydrogens (tertiary/aromatic N) is 1. The summed E-state index contributed by atoms with van der Waals surface area (Å²) < 4.78 is 5.72. The molecule has 1 aromatic heterocycles. The highest BCUT2D eigenvalue weighted by atomic mass is 16.3. The molecule has 3 rings (SSSR count). The Balaban J connectivity index is 1.56. The Morgan fingerprint density at radius 3 is 2.95 bits per heavy atom. The van der Waals surface area contributed by atoms with Crippen molar-refractivity contribution in [2.24, 2.45) is 11.8 Å². The first-order valence-electron chi connectivity index (χ1n) is 8.35. The Morgan fingerprint density at radius 2 is 2.10 bits per heavy atom. The predicted octanol–water partition coefficient (Wildman–Crippen LogP) is 3.40. The molecule has 112 valence electrons. The van der Waals surface area contributed by atoms with Crippen molar-refractivity contribution < 1.29 is 4.42 Å². The van der Waals surface area contributed by atoms with Crippen LogP contribution in [0.3, 0.4) is 0 Å². The minimum Gasteiger partial charge on any atom is -0.468 e. The van der Waals surface area contributed by atoms with Gasteiger partial charge in [-0.3, -0.25) is 4.90 Å². The van der Waals surface area contributed by atoms with Crippen LogP contribution in [0, 0.1) is 11.8 Å². The van der Waals surface area contributed by atoms with Gasteiger partial charge in [-0.2, -0.15) is 0 Å². The van der Waals surface area contributed by atoms with Gasteiger partial charge in [0.25, 0.3) is 0 Å². The molecule has 1 saturated carbocycles. The van der Waals surface area contributed by atoms with Crippen LogP contribution >= 0.6 is 0 Å². The molecular weight excluding hydrogens is 248 g/mol. The van der Waals surface area contributed by atoms with Crippen molar-refractivity contribution in [2.75, 3.05) is 19.6 Å². The largest absolute Gasteiger partial charge is 0.468 e. The highest BCUT2D eigenvalue weighted by Gasteiger charge is 2.31. The zero-order chi connectivity index (χ0) is 13.8. The van der Waals surface area contributed by atoms with Crippen LogP contribution in [-0.2, 0) is 13.1 Å². The molecule has 3 heteroatoms. The van der Waals surface area contributed by atoms with Crippen LogP contribution in [0.4, 0.5) is 0 Å². The second-order valence-corrected chi connectivity index (χ2v) is 6.48. The van der Waals surface area contributed by atoms with E-state index in [9.17, 15) is 0 Å². The number of likely N-dealkylation sites (tertiary alicyclic amines) is 1. The maximum absolute atomic E-state index is 5.72. The van der Waals surface area contributed by atoms with Crippen LogP contribution in [0.1, 0.15) is 50.4 Å². The lowest BCUT2D eigenvalue weighted by atomic mass is 9.75. The maximum Gasteiger partial charge on any atom is 0.122 e. The first-order valence-corrected chi connectivity index (χ1v) is 8.35. The highest BCUT2D eigenvalue weighted by molar-refractivity contribution is 5.17. The average molecular weight is 276 g/mol. The van der Waals surface area contributed by atoms with Gasteiger partial charge in [0.1, 0.15) is 5.76 Å². The van der Waals surface area contributed by atoms with Gasteiger partial charge in [-0.25, -0.2) is 0 Å². The van der Waals surface area contributed by atoms with Crippen LogP contribution < -0.4 is 5.32 Å². The minimum absolute atomic E-state index is 0.933. The Labute approximate surface area is 122 Å². The van der Waals surface area contributed by atoms with Crippen LogP contribution in [0.25, 0.3) is 0 Å². The lowest BCUT2D eigenvalue weighted by molar-refractivity contribution is 0.0771. The van der Waals surface area contributed by atoms with Gasteiger partial charge in [0.05, 0.1) is 12.8 Å². The fourth-order valence-corrected chi connectivity index (χ4v) is 3.95. The molecule has 2 heterocycles. The second kappa shape index (κ2) is 6.77. The highest BCUT2D eigenvalue weighted by Crippen LogP contribution is 2.36. The van der Waals surface area contributed by atoms with Crippen LogP contribution in [0.5, 0.6) is 0 Å². The van der Waals surface area contributed by atoms with Crippen molar-refractivity contribution in [3.8, 4) is 0 Å². The lowest BCUT2D eigenvalue weighted by Gasteiger charge is -2.41. The minimum atomic E-state index is 0.933. The SMILES string of the molecule is CCNCc1ccoc1CN1CCC2CCCCC2C1. The third-order valence-electron chi connectivity index (χ3n) is 5.15. The summed E-state index contributed by atoms with van der Waals surface area (Å²) in [7, 11) is 0. The number of fused-ring (bicyclic) bond motifs is 1. The third kappa shape index (κ3) is 3.26. The molecule has 1 aliphatic carbocycles. The molecule has 20 heavy (non-hydrogen) atoms. The number of rotatable bonds is 5. The van der Waals surface area contributed by atoms with E-state index in [1.807, 2.05) is 6.26 Å². The van der Waals surface area contributed by atoms with Crippen molar-refractivity contribution in [3.05, 3.63) is 23.7 Å². The van der Waals surface area contributed by atoms with E-state index in [0.717, 1.165) is 31.5 Å². The number of piperidine rings is 1. The molecule has 2 unspecified atom stereocenters. The Morgan fingerprint density at radius 1 is 1.25 bits per heavy atom. The number of hydrogen-bond donors (Lipinski definition) is 1. The van der Waals surface area contributed by atoms with E-state index in [2.05, 4.69) is 23.2 Å². The summed E-state index contributed by atoms with van der Waals surface area (Å²) in [6, 6.07) is 2.12. The summed E-state index contributed by atoms with van der Waals surface area (Å²) in [6.07, 6.45) is 9.07. The van der Waals surface area contributed by atoms with E-state index in [-0.39, 0.29) is 0 Å². The number of nitrogens with one attached hydrogen (secondary N) is 1. The molecule has 0 aromatic carbocycles. The van der Waals surface area contributed by atoms with Crippen LogP contribution in [0.2, 0.25) is 0 Å². The zero-order valence-electron chi connectivity index (χ0n) is 12.7. The van der Waals surface area contributed by atoms with Gasteiger partial charge in [-0.15, -0.1) is 0 Å². The second-order valence-electron chi connectivity index (χ2n) is 6.48. The van der Waals surface area contributed by atoms with Gasteiger partial charge in [0.2, 0.25) is 0 Å². The zero-order valence-corrected chi connectivity index (χ0v) is 12.7. The fraction of sp³-hybridized carbons (Fsp3) is 0.765. The summed E-state index contributed by atoms with van der Waals surface area (Å²) in [5.41, 5.74) is 1.33. The van der Waals surface area contributed by atoms with Gasteiger partial charge in [-0.05, 0) is 43.8 Å². The van der Waals surface area contributed by atoms with Crippen molar-refractivity contribution in [3.63, 3.8) is 0 Å². The van der Waals surface area contributed by atoms with Gasteiger partial charge in [0, 0.05) is 18.7 Å². The molecule has 2 aliphatic rings. The Hall–Kier alpha value is -0.800. The summed E-state index contributed by atoms with van der Waals surface area (Å²) in [5, 5.41) is 3.40. The van der Waals surface area contributed by atoms with Crippen molar-refractivity contribution in [1.82, 2.24) is 10.2 Å². The predicted molar refractivity (Wildman–Crippen MR) is 81.4 cm³/mol. The van der Waals surface area contributed by atoms with E-state index in [1.165, 1.54) is 56.5 Å². The molecule has 2 fully saturated rings. The molecule has 0 amide bonds. The van der Waals surface area contributed by atoms with E-state index in [4.69, 9.17) is 4.42 Å². The van der Waals surface area contributed by atoms with E-state index < -0.39 is 0 Å². The fourth-order valence-electron chi connectivity index (χ4n) is 3.95. The van der Waals surface area contributed by atoms with Crippen LogP contribution in [0.15, 0.2) is 16.7 Å². The molecular formula is C17H28N2O. The quantitative estimate of drug-likeness (QED) is 0.893. The van der Waals surface area contributed by atoms with Gasteiger partial charge in [0.15, 0.2) is 0 Å². The molecule has 1 saturated heterocycles. The van der Waals surface area contributed by atoms with Crippen LogP contribution in [-0.4, -0.2) is 24.5 Å². The van der Waals surface area contributed by atoms with E-state index in [0.29, 0.717) is 0 Å². The maximum atomic E-state index is 5.72. The monoisotopic (exact) mass is 276 g/mol. The standard InChI is InChI=1S/C17H28N2O/c1-2-18-11-15-8-10-20-17(15)13-19-9-7-14-5-3-4-6-16(14)12-19/h8,10,14,16,18H,2-7,9,11-13H2,1H3. The number of furan rings is 1. The molecule has 0 spiro atoms. The normalized spacial score (nSPS) is 27.4. The first-order chi connectivity index (χ1) is 9.86. The summed E-state index contributed by atoms with van der Waals surface area (Å²) in [4.78, 5) is 2.61. The van der Waals surface area contributed by atoms with Crippen molar-refractivity contribution >= 4 is 0 Å². The molecule has 2 atom stereocenters. The van der Waals surface area contributed by atoms with Gasteiger partial charge in [-0.1, -0.05) is 26.2 Å². The molecule has 0 bridgehead atoms. The smallest absolute Gasteiger partial charge is 0.122 e. The number of hydrogen-bond acceptors (Lipinski definition) is 3. The topological polar surface area (TPSA) is 28.4 Å². The molecule has 1 aromatic rings.